The average molecular weight is 315 g/mol. The van der Waals surface area contributed by atoms with E-state index in [0.717, 1.165) is 29.7 Å². The first-order valence-corrected chi connectivity index (χ1v) is 7.69. The van der Waals surface area contributed by atoms with Gasteiger partial charge in [0.2, 0.25) is 5.91 Å². The molecule has 0 unspecified atom stereocenters. The van der Waals surface area contributed by atoms with Crippen LogP contribution in [0.2, 0.25) is 0 Å². The summed E-state index contributed by atoms with van der Waals surface area (Å²) in [6.07, 6.45) is 6.56. The Morgan fingerprint density at radius 3 is 3.22 bits per heavy atom. The van der Waals surface area contributed by atoms with Gasteiger partial charge in [-0.15, -0.1) is 0 Å². The number of carbonyl (C=O) groups excluding carboxylic acids is 1. The molecule has 1 amide bonds. The zero-order valence-corrected chi connectivity index (χ0v) is 13.2. The van der Waals surface area contributed by atoms with Crippen molar-refractivity contribution in [1.29, 1.82) is 0 Å². The third kappa shape index (κ3) is 3.19. The molecule has 0 aliphatic carbocycles. The van der Waals surface area contributed by atoms with Gasteiger partial charge in [0.15, 0.2) is 0 Å². The van der Waals surface area contributed by atoms with Crippen LogP contribution in [0.3, 0.4) is 0 Å². The van der Waals surface area contributed by atoms with Crippen molar-refractivity contribution >= 4 is 22.8 Å². The van der Waals surface area contributed by atoms with Crippen molar-refractivity contribution in [2.24, 2.45) is 0 Å². The van der Waals surface area contributed by atoms with Crippen molar-refractivity contribution < 1.29 is 9.53 Å². The molecule has 2 atom stereocenters. The second kappa shape index (κ2) is 6.78. The molecule has 0 radical (unpaired) electrons. The number of fused-ring (bicyclic) bond motifs is 1. The van der Waals surface area contributed by atoms with Crippen molar-refractivity contribution in [1.82, 2.24) is 19.9 Å². The Kier molecular flexibility index (Phi) is 4.57. The van der Waals surface area contributed by atoms with E-state index in [2.05, 4.69) is 26.8 Å². The van der Waals surface area contributed by atoms with Gasteiger partial charge in [0.1, 0.15) is 17.8 Å². The first-order valence-electron chi connectivity index (χ1n) is 7.69. The summed E-state index contributed by atoms with van der Waals surface area (Å²) in [5, 5.41) is 4.39. The second-order valence-corrected chi connectivity index (χ2v) is 5.68. The van der Waals surface area contributed by atoms with Crippen molar-refractivity contribution in [2.45, 2.75) is 24.9 Å². The number of rotatable bonds is 5. The molecule has 1 aliphatic heterocycles. The topological polar surface area (TPSA) is 83.1 Å². The first kappa shape index (κ1) is 15.5. The summed E-state index contributed by atoms with van der Waals surface area (Å²) in [6.45, 7) is 4.75. The van der Waals surface area contributed by atoms with Gasteiger partial charge in [-0.05, 0) is 25.0 Å². The van der Waals surface area contributed by atoms with Gasteiger partial charge in [-0.3, -0.25) is 4.79 Å². The SMILES string of the molecule is C=CC(=O)N1C[C@@H](Nc2ncnc3[nH]ccc23)CC[C@H]1COC. The van der Waals surface area contributed by atoms with E-state index in [1.54, 1.807) is 7.11 Å². The fourth-order valence-electron chi connectivity index (χ4n) is 3.08. The van der Waals surface area contributed by atoms with E-state index >= 15 is 0 Å². The predicted octanol–water partition coefficient (Wildman–Crippen LogP) is 1.56. The lowest BCUT2D eigenvalue weighted by Crippen LogP contribution is -2.52. The maximum atomic E-state index is 12.1. The minimum Gasteiger partial charge on any atom is -0.383 e. The molecule has 0 spiro atoms. The van der Waals surface area contributed by atoms with E-state index in [-0.39, 0.29) is 18.0 Å². The lowest BCUT2D eigenvalue weighted by atomic mass is 9.98. The molecule has 0 saturated carbocycles. The summed E-state index contributed by atoms with van der Waals surface area (Å²) in [7, 11) is 1.66. The maximum absolute atomic E-state index is 12.1. The zero-order valence-electron chi connectivity index (χ0n) is 13.2. The quantitative estimate of drug-likeness (QED) is 0.818. The van der Waals surface area contributed by atoms with Crippen LogP contribution < -0.4 is 5.32 Å². The van der Waals surface area contributed by atoms with Crippen LogP contribution in [-0.4, -0.2) is 58.1 Å². The van der Waals surface area contributed by atoms with Crippen LogP contribution in [0.1, 0.15) is 12.8 Å². The van der Waals surface area contributed by atoms with Gasteiger partial charge < -0.3 is 19.9 Å². The third-order valence-corrected chi connectivity index (χ3v) is 4.22. The summed E-state index contributed by atoms with van der Waals surface area (Å²) in [5.41, 5.74) is 0.801. The number of piperidine rings is 1. The van der Waals surface area contributed by atoms with Gasteiger partial charge in [0.05, 0.1) is 18.0 Å². The lowest BCUT2D eigenvalue weighted by Gasteiger charge is -2.39. The number of anilines is 1. The number of aromatic amines is 1. The molecule has 2 N–H and O–H groups in total. The predicted molar refractivity (Wildman–Crippen MR) is 88.1 cm³/mol. The van der Waals surface area contributed by atoms with Crippen LogP contribution in [0.4, 0.5) is 5.82 Å². The molecule has 0 aromatic carbocycles. The number of ether oxygens (including phenoxy) is 1. The monoisotopic (exact) mass is 315 g/mol. The Morgan fingerprint density at radius 2 is 2.43 bits per heavy atom. The van der Waals surface area contributed by atoms with E-state index in [9.17, 15) is 4.79 Å². The minimum absolute atomic E-state index is 0.0620. The molecule has 1 aliphatic rings. The molecule has 23 heavy (non-hydrogen) atoms. The Hall–Kier alpha value is -2.41. The highest BCUT2D eigenvalue weighted by molar-refractivity contribution is 5.88. The number of nitrogens with one attached hydrogen (secondary N) is 2. The number of likely N-dealkylation sites (tertiary alicyclic amines) is 1. The smallest absolute Gasteiger partial charge is 0.246 e. The minimum atomic E-state index is -0.0620. The first-order chi connectivity index (χ1) is 11.2. The highest BCUT2D eigenvalue weighted by Gasteiger charge is 2.30. The molecule has 3 rings (SSSR count). The molecule has 2 aromatic rings. The number of aromatic nitrogens is 3. The average Bonchev–Trinajstić information content (AvgIpc) is 3.05. The van der Waals surface area contributed by atoms with Gasteiger partial charge in [-0.1, -0.05) is 6.58 Å². The van der Waals surface area contributed by atoms with E-state index < -0.39 is 0 Å². The van der Waals surface area contributed by atoms with Gasteiger partial charge in [0.25, 0.3) is 0 Å². The fraction of sp³-hybridized carbons (Fsp3) is 0.438. The second-order valence-electron chi connectivity index (χ2n) is 5.68. The van der Waals surface area contributed by atoms with Gasteiger partial charge in [-0.2, -0.15) is 0 Å². The molecule has 122 valence electrons. The number of methoxy groups -OCH3 is 1. The zero-order chi connectivity index (χ0) is 16.2. The largest absolute Gasteiger partial charge is 0.383 e. The summed E-state index contributed by atoms with van der Waals surface area (Å²) >= 11 is 0. The Balaban J connectivity index is 1.75. The molecule has 7 nitrogen and oxygen atoms in total. The summed E-state index contributed by atoms with van der Waals surface area (Å²) in [5.74, 6) is 0.727. The molecule has 3 heterocycles. The Labute approximate surface area is 134 Å². The Morgan fingerprint density at radius 1 is 1.57 bits per heavy atom. The van der Waals surface area contributed by atoms with Gasteiger partial charge >= 0.3 is 0 Å². The number of carbonyl (C=O) groups is 1. The molecule has 7 heteroatoms. The van der Waals surface area contributed by atoms with Crippen LogP contribution in [0.15, 0.2) is 31.2 Å². The number of hydrogen-bond acceptors (Lipinski definition) is 5. The maximum Gasteiger partial charge on any atom is 0.246 e. The molecular weight excluding hydrogens is 294 g/mol. The molecule has 1 saturated heterocycles. The van der Waals surface area contributed by atoms with Crippen LogP contribution in [-0.2, 0) is 9.53 Å². The number of hydrogen-bond donors (Lipinski definition) is 2. The summed E-state index contributed by atoms with van der Waals surface area (Å²) in [4.78, 5) is 25.5. The van der Waals surface area contributed by atoms with E-state index in [1.807, 2.05) is 17.2 Å². The lowest BCUT2D eigenvalue weighted by molar-refractivity contribution is -0.131. The van der Waals surface area contributed by atoms with Crippen LogP contribution in [0.25, 0.3) is 11.0 Å². The van der Waals surface area contributed by atoms with E-state index in [4.69, 9.17) is 4.74 Å². The van der Waals surface area contributed by atoms with Crippen molar-refractivity contribution in [3.8, 4) is 0 Å². The highest BCUT2D eigenvalue weighted by Crippen LogP contribution is 2.24. The molecule has 2 aromatic heterocycles. The van der Waals surface area contributed by atoms with Gasteiger partial charge in [0, 0.05) is 25.9 Å². The number of nitrogens with zero attached hydrogens (tertiary/aromatic N) is 3. The van der Waals surface area contributed by atoms with Crippen LogP contribution >= 0.6 is 0 Å². The van der Waals surface area contributed by atoms with Gasteiger partial charge in [-0.25, -0.2) is 9.97 Å². The summed E-state index contributed by atoms with van der Waals surface area (Å²) in [6, 6.07) is 2.18. The third-order valence-electron chi connectivity index (χ3n) is 4.22. The molecule has 0 bridgehead atoms. The van der Waals surface area contributed by atoms with Crippen LogP contribution in [0, 0.1) is 0 Å². The normalized spacial score (nSPS) is 21.3. The Bertz CT molecular complexity index is 699. The molecular formula is C16H21N5O2. The van der Waals surface area contributed by atoms with Crippen molar-refractivity contribution in [3.05, 3.63) is 31.2 Å². The van der Waals surface area contributed by atoms with Crippen molar-refractivity contribution in [3.63, 3.8) is 0 Å². The number of amides is 1. The standard InChI is InChI=1S/C16H21N5O2/c1-3-14(22)21-8-11(4-5-12(21)9-23-2)20-16-13-6-7-17-15(13)18-10-19-16/h3,6-7,10-12H,1,4-5,8-9H2,2H3,(H2,17,18,19,20)/t11-,12-/m0/s1. The van der Waals surface area contributed by atoms with E-state index in [0.29, 0.717) is 13.2 Å². The van der Waals surface area contributed by atoms with E-state index in [1.165, 1.54) is 12.4 Å². The van der Waals surface area contributed by atoms with Crippen LogP contribution in [0.5, 0.6) is 0 Å². The highest BCUT2D eigenvalue weighted by atomic mass is 16.5. The molecule has 1 fully saturated rings. The fourth-order valence-corrected chi connectivity index (χ4v) is 3.08. The number of H-pyrrole nitrogens is 1. The summed E-state index contributed by atoms with van der Waals surface area (Å²) < 4.78 is 5.23. The van der Waals surface area contributed by atoms with Crippen molar-refractivity contribution in [2.75, 3.05) is 25.6 Å².